The molecule has 2 atom stereocenters. The van der Waals surface area contributed by atoms with E-state index in [1.807, 2.05) is 30.3 Å². The molecule has 5 N–H and O–H groups in total. The predicted octanol–water partition coefficient (Wildman–Crippen LogP) is 2.56. The fraction of sp³-hybridized carbons (Fsp3) is 0.455. The van der Waals surface area contributed by atoms with Crippen LogP contribution in [0.1, 0.15) is 24.8 Å². The third-order valence-corrected chi connectivity index (χ3v) is 12.5. The lowest BCUT2D eigenvalue weighted by atomic mass is 9.88. The van der Waals surface area contributed by atoms with Gasteiger partial charge in [-0.2, -0.15) is 13.1 Å². The Balaban J connectivity index is 1.10. The molecule has 0 aliphatic carbocycles. The van der Waals surface area contributed by atoms with E-state index < -0.39 is 48.3 Å². The molecule has 0 bridgehead atoms. The van der Waals surface area contributed by atoms with E-state index in [1.54, 1.807) is 18.2 Å². The standard InChI is InChI=1S/C33H41F2N3O8S2/c34-33(35,23-39)47(41,42)30-5-2-4-29(18-30)45-22-28(40)20-37-27-19-32(46-21-27)12-15-38(16-13-32)48(43,44)31-6-1-3-26(17-31)25-9-7-24(8-10-25)11-14-36/h1-10,17-18,27-28,37,39-40H,11-16,19-23,36H2. The lowest BCUT2D eigenvalue weighted by Crippen LogP contribution is -2.47. The third-order valence-electron chi connectivity index (χ3n) is 8.81. The van der Waals surface area contributed by atoms with Crippen molar-refractivity contribution in [3.63, 3.8) is 0 Å². The van der Waals surface area contributed by atoms with Crippen LogP contribution >= 0.6 is 0 Å². The van der Waals surface area contributed by atoms with E-state index in [-0.39, 0.29) is 29.8 Å². The van der Waals surface area contributed by atoms with Crippen LogP contribution < -0.4 is 15.8 Å². The summed E-state index contributed by atoms with van der Waals surface area (Å²) in [5.41, 5.74) is 8.01. The summed E-state index contributed by atoms with van der Waals surface area (Å²) in [6.07, 6.45) is 1.44. The Morgan fingerprint density at radius 2 is 1.69 bits per heavy atom. The molecule has 0 saturated carbocycles. The van der Waals surface area contributed by atoms with Crippen molar-refractivity contribution in [2.24, 2.45) is 5.73 Å². The summed E-state index contributed by atoms with van der Waals surface area (Å²) >= 11 is 0. The minimum Gasteiger partial charge on any atom is -0.491 e. The van der Waals surface area contributed by atoms with Crippen molar-refractivity contribution in [1.29, 1.82) is 0 Å². The fourth-order valence-corrected chi connectivity index (χ4v) is 8.55. The molecule has 0 amide bonds. The van der Waals surface area contributed by atoms with Crippen molar-refractivity contribution in [3.8, 4) is 16.9 Å². The predicted molar refractivity (Wildman–Crippen MR) is 175 cm³/mol. The number of aliphatic hydroxyl groups excluding tert-OH is 2. The number of rotatable bonds is 14. The average molecular weight is 710 g/mol. The molecule has 15 heteroatoms. The molecule has 2 saturated heterocycles. The first kappa shape index (κ1) is 36.3. The highest BCUT2D eigenvalue weighted by atomic mass is 32.2. The highest BCUT2D eigenvalue weighted by Crippen LogP contribution is 2.38. The number of nitrogens with two attached hydrogens (primary N) is 1. The molecule has 262 valence electrons. The van der Waals surface area contributed by atoms with Crippen molar-refractivity contribution < 1.29 is 45.3 Å². The maximum Gasteiger partial charge on any atom is 0.372 e. The van der Waals surface area contributed by atoms with Crippen LogP contribution in [0.4, 0.5) is 8.78 Å². The Morgan fingerprint density at radius 1 is 1.00 bits per heavy atom. The van der Waals surface area contributed by atoms with E-state index in [2.05, 4.69) is 5.32 Å². The fourth-order valence-electron chi connectivity index (χ4n) is 6.02. The summed E-state index contributed by atoms with van der Waals surface area (Å²) < 4.78 is 91.9. The van der Waals surface area contributed by atoms with E-state index in [0.29, 0.717) is 45.5 Å². The minimum absolute atomic E-state index is 0.0301. The van der Waals surface area contributed by atoms with Crippen LogP contribution in [0.25, 0.3) is 11.1 Å². The smallest absolute Gasteiger partial charge is 0.372 e. The minimum atomic E-state index is -5.12. The number of hydrogen-bond acceptors (Lipinski definition) is 10. The molecule has 48 heavy (non-hydrogen) atoms. The molecule has 1 spiro atoms. The van der Waals surface area contributed by atoms with Crippen LogP contribution in [0.2, 0.25) is 0 Å². The largest absolute Gasteiger partial charge is 0.491 e. The molecular formula is C33H41F2N3O8S2. The van der Waals surface area contributed by atoms with Gasteiger partial charge in [0, 0.05) is 25.7 Å². The number of sulfonamides is 1. The van der Waals surface area contributed by atoms with Crippen molar-refractivity contribution in [1.82, 2.24) is 9.62 Å². The second kappa shape index (κ2) is 14.8. The normalized spacial score (nSPS) is 19.4. The summed E-state index contributed by atoms with van der Waals surface area (Å²) in [7, 11) is -8.84. The lowest BCUT2D eigenvalue weighted by molar-refractivity contribution is -0.0312. The number of nitrogens with zero attached hydrogens (tertiary/aromatic N) is 1. The average Bonchev–Trinajstić information content (AvgIpc) is 3.49. The molecule has 2 aliphatic rings. The molecule has 2 aliphatic heterocycles. The molecule has 2 fully saturated rings. The van der Waals surface area contributed by atoms with Crippen molar-refractivity contribution in [2.45, 2.75) is 58.5 Å². The second-order valence-electron chi connectivity index (χ2n) is 12.2. The van der Waals surface area contributed by atoms with E-state index >= 15 is 0 Å². The topological polar surface area (TPSA) is 168 Å². The van der Waals surface area contributed by atoms with Gasteiger partial charge in [0.25, 0.3) is 0 Å². The highest BCUT2D eigenvalue weighted by molar-refractivity contribution is 7.92. The van der Waals surface area contributed by atoms with Gasteiger partial charge in [-0.25, -0.2) is 16.8 Å². The number of nitrogens with one attached hydrogen (secondary N) is 1. The molecule has 0 aromatic heterocycles. The quantitative estimate of drug-likeness (QED) is 0.195. The van der Waals surface area contributed by atoms with Gasteiger partial charge in [-0.05, 0) is 79.3 Å². The Kier molecular flexibility index (Phi) is 11.2. The summed E-state index contributed by atoms with van der Waals surface area (Å²) in [6.45, 7) is -0.411. The first-order valence-electron chi connectivity index (χ1n) is 15.7. The summed E-state index contributed by atoms with van der Waals surface area (Å²) in [6, 6.07) is 19.3. The molecule has 11 nitrogen and oxygen atoms in total. The molecule has 2 unspecified atom stereocenters. The molecule has 0 radical (unpaired) electrons. The molecular weight excluding hydrogens is 669 g/mol. The van der Waals surface area contributed by atoms with Gasteiger partial charge in [0.2, 0.25) is 19.9 Å². The molecule has 2 heterocycles. The summed E-state index contributed by atoms with van der Waals surface area (Å²) in [5.74, 6) is -0.0301. The van der Waals surface area contributed by atoms with Gasteiger partial charge in [-0.1, -0.05) is 42.5 Å². The van der Waals surface area contributed by atoms with Crippen LogP contribution in [-0.2, 0) is 31.0 Å². The monoisotopic (exact) mass is 709 g/mol. The number of alkyl halides is 2. The van der Waals surface area contributed by atoms with Gasteiger partial charge >= 0.3 is 5.25 Å². The Labute approximate surface area is 279 Å². The van der Waals surface area contributed by atoms with Gasteiger partial charge in [-0.3, -0.25) is 0 Å². The molecule has 3 aromatic carbocycles. The Bertz CT molecular complexity index is 1770. The van der Waals surface area contributed by atoms with Crippen molar-refractivity contribution in [2.75, 3.05) is 46.0 Å². The maximum absolute atomic E-state index is 13.7. The van der Waals surface area contributed by atoms with Crippen molar-refractivity contribution >= 4 is 19.9 Å². The summed E-state index contributed by atoms with van der Waals surface area (Å²) in [4.78, 5) is -0.474. The number of halogens is 2. The highest BCUT2D eigenvalue weighted by Gasteiger charge is 2.46. The molecule has 3 aromatic rings. The van der Waals surface area contributed by atoms with Crippen LogP contribution in [0, 0.1) is 0 Å². The number of piperidine rings is 1. The zero-order valence-electron chi connectivity index (χ0n) is 26.3. The number of benzene rings is 3. The number of ether oxygens (including phenoxy) is 2. The zero-order chi connectivity index (χ0) is 34.6. The third kappa shape index (κ3) is 8.05. The number of hydrogen-bond donors (Lipinski definition) is 4. The number of sulfone groups is 1. The van der Waals surface area contributed by atoms with Crippen LogP contribution in [0.3, 0.4) is 0 Å². The Morgan fingerprint density at radius 3 is 2.38 bits per heavy atom. The lowest BCUT2D eigenvalue weighted by Gasteiger charge is -2.38. The van der Waals surface area contributed by atoms with Crippen LogP contribution in [0.5, 0.6) is 5.75 Å². The Hall–Kier alpha value is -3.02. The van der Waals surface area contributed by atoms with E-state index in [0.717, 1.165) is 35.2 Å². The van der Waals surface area contributed by atoms with Crippen LogP contribution in [0.15, 0.2) is 82.6 Å². The van der Waals surface area contributed by atoms with Gasteiger partial charge in [0.15, 0.2) is 0 Å². The van der Waals surface area contributed by atoms with E-state index in [1.165, 1.54) is 16.4 Å². The zero-order valence-corrected chi connectivity index (χ0v) is 27.9. The maximum atomic E-state index is 13.7. The first-order chi connectivity index (χ1) is 22.8. The van der Waals surface area contributed by atoms with Gasteiger partial charge in [0.1, 0.15) is 25.1 Å². The van der Waals surface area contributed by atoms with Gasteiger partial charge in [0.05, 0.1) is 22.0 Å². The number of aliphatic hydroxyl groups is 2. The van der Waals surface area contributed by atoms with Gasteiger partial charge < -0.3 is 30.7 Å². The first-order valence-corrected chi connectivity index (χ1v) is 18.6. The van der Waals surface area contributed by atoms with E-state index in [9.17, 15) is 30.7 Å². The SMILES string of the molecule is NCCc1ccc(-c2cccc(S(=O)(=O)N3CCC4(CC3)CC(NCC(O)COc3cccc(S(=O)(=O)C(F)(F)CO)c3)CO4)c2)cc1. The van der Waals surface area contributed by atoms with Crippen LogP contribution in [-0.4, -0.2) is 100 Å². The van der Waals surface area contributed by atoms with Crippen molar-refractivity contribution in [3.05, 3.63) is 78.4 Å². The summed E-state index contributed by atoms with van der Waals surface area (Å²) in [5, 5.41) is 18.1. The van der Waals surface area contributed by atoms with Gasteiger partial charge in [-0.15, -0.1) is 0 Å². The second-order valence-corrected chi connectivity index (χ2v) is 16.2. The van der Waals surface area contributed by atoms with E-state index in [4.69, 9.17) is 20.3 Å². The molecule has 5 rings (SSSR count).